The minimum atomic E-state index is -0.133. The summed E-state index contributed by atoms with van der Waals surface area (Å²) in [6.45, 7) is 5.89. The van der Waals surface area contributed by atoms with E-state index in [-0.39, 0.29) is 17.2 Å². The highest BCUT2D eigenvalue weighted by atomic mass is 32.2. The van der Waals surface area contributed by atoms with E-state index in [0.29, 0.717) is 12.0 Å². The summed E-state index contributed by atoms with van der Waals surface area (Å²) in [5.74, 6) is 1.83. The first kappa shape index (κ1) is 13.9. The maximum atomic E-state index is 12.0. The van der Waals surface area contributed by atoms with Crippen molar-refractivity contribution in [2.45, 2.75) is 74.9 Å². The second-order valence-corrected chi connectivity index (χ2v) is 7.45. The summed E-state index contributed by atoms with van der Waals surface area (Å²) in [6, 6.07) is 0.748. The van der Waals surface area contributed by atoms with Crippen LogP contribution in [0.1, 0.15) is 64.2 Å². The van der Waals surface area contributed by atoms with Crippen molar-refractivity contribution >= 4 is 17.7 Å². The summed E-state index contributed by atoms with van der Waals surface area (Å²) < 4.78 is 2.29. The van der Waals surface area contributed by atoms with E-state index in [0.717, 1.165) is 11.0 Å². The predicted molar refractivity (Wildman–Crippen MR) is 78.9 cm³/mol. The Hall–Kier alpha value is -1.04. The zero-order valence-corrected chi connectivity index (χ0v) is 13.1. The number of nitrogens with zero attached hydrogens (tertiary/aromatic N) is 3. The topological polar surface area (TPSA) is 59.8 Å². The van der Waals surface area contributed by atoms with Gasteiger partial charge in [0.15, 0.2) is 5.16 Å². The van der Waals surface area contributed by atoms with E-state index >= 15 is 0 Å². The van der Waals surface area contributed by atoms with Crippen LogP contribution in [0, 0.1) is 0 Å². The van der Waals surface area contributed by atoms with Gasteiger partial charge in [-0.2, -0.15) is 0 Å². The van der Waals surface area contributed by atoms with Crippen molar-refractivity contribution in [2.75, 3.05) is 0 Å². The van der Waals surface area contributed by atoms with E-state index in [9.17, 15) is 4.79 Å². The van der Waals surface area contributed by atoms with Crippen molar-refractivity contribution < 1.29 is 4.79 Å². The zero-order chi connectivity index (χ0) is 14.3. The predicted octanol–water partition coefficient (Wildman–Crippen LogP) is 2.50. The summed E-state index contributed by atoms with van der Waals surface area (Å²) in [4.78, 5) is 12.0. The number of rotatable bonds is 6. The molecule has 110 valence electrons. The standard InChI is InChI=1S/C14H22N4OS/c1-8(2)15-13(19)9(3)20-14-17-16-12(10-4-5-10)18(14)11-6-7-11/h8-11H,4-7H2,1-3H3,(H,15,19). The number of aromatic nitrogens is 3. The van der Waals surface area contributed by atoms with Gasteiger partial charge in [0.05, 0.1) is 5.25 Å². The molecule has 0 saturated heterocycles. The second-order valence-electron chi connectivity index (χ2n) is 6.14. The molecule has 2 saturated carbocycles. The van der Waals surface area contributed by atoms with E-state index in [4.69, 9.17) is 0 Å². The van der Waals surface area contributed by atoms with Crippen LogP contribution in [0.4, 0.5) is 0 Å². The fourth-order valence-electron chi connectivity index (χ4n) is 2.28. The maximum Gasteiger partial charge on any atom is 0.233 e. The fourth-order valence-corrected chi connectivity index (χ4v) is 3.21. The first-order chi connectivity index (χ1) is 9.56. The number of carbonyl (C=O) groups excluding carboxylic acids is 1. The molecular formula is C14H22N4OS. The quantitative estimate of drug-likeness (QED) is 0.819. The fraction of sp³-hybridized carbons (Fsp3) is 0.786. The van der Waals surface area contributed by atoms with Gasteiger partial charge in [-0.05, 0) is 46.5 Å². The average Bonchev–Trinajstić information content (AvgIpc) is 3.28. The molecule has 5 nitrogen and oxygen atoms in total. The molecule has 1 N–H and O–H groups in total. The smallest absolute Gasteiger partial charge is 0.233 e. The summed E-state index contributed by atoms with van der Waals surface area (Å²) in [7, 11) is 0. The lowest BCUT2D eigenvalue weighted by Crippen LogP contribution is -2.36. The minimum Gasteiger partial charge on any atom is -0.353 e. The van der Waals surface area contributed by atoms with Gasteiger partial charge in [-0.1, -0.05) is 11.8 Å². The van der Waals surface area contributed by atoms with E-state index in [2.05, 4.69) is 20.1 Å². The molecule has 3 rings (SSSR count). The van der Waals surface area contributed by atoms with E-state index in [1.54, 1.807) is 0 Å². The van der Waals surface area contributed by atoms with E-state index in [1.165, 1.54) is 37.4 Å². The van der Waals surface area contributed by atoms with Crippen molar-refractivity contribution in [3.05, 3.63) is 5.82 Å². The summed E-state index contributed by atoms with van der Waals surface area (Å²) >= 11 is 1.53. The van der Waals surface area contributed by atoms with Crippen LogP contribution >= 0.6 is 11.8 Å². The van der Waals surface area contributed by atoms with Gasteiger partial charge in [-0.15, -0.1) is 10.2 Å². The SMILES string of the molecule is CC(C)NC(=O)C(C)Sc1nnc(C2CC2)n1C1CC1. The van der Waals surface area contributed by atoms with Crippen molar-refractivity contribution in [1.29, 1.82) is 0 Å². The van der Waals surface area contributed by atoms with Crippen molar-refractivity contribution in [2.24, 2.45) is 0 Å². The van der Waals surface area contributed by atoms with Crippen molar-refractivity contribution in [3.63, 3.8) is 0 Å². The monoisotopic (exact) mass is 294 g/mol. The molecule has 1 unspecified atom stereocenters. The third-order valence-electron chi connectivity index (χ3n) is 3.63. The third-order valence-corrected chi connectivity index (χ3v) is 4.68. The summed E-state index contributed by atoms with van der Waals surface area (Å²) in [6.07, 6.45) is 4.91. The largest absolute Gasteiger partial charge is 0.353 e. The Morgan fingerprint density at radius 3 is 2.50 bits per heavy atom. The third kappa shape index (κ3) is 3.00. The number of nitrogens with one attached hydrogen (secondary N) is 1. The molecule has 0 aliphatic heterocycles. The van der Waals surface area contributed by atoms with Crippen LogP contribution in [0.15, 0.2) is 5.16 Å². The molecule has 6 heteroatoms. The molecule has 1 aromatic heterocycles. The first-order valence-electron chi connectivity index (χ1n) is 7.48. The molecule has 0 spiro atoms. The molecule has 2 aliphatic carbocycles. The van der Waals surface area contributed by atoms with Gasteiger partial charge in [0.25, 0.3) is 0 Å². The molecule has 2 aliphatic rings. The Kier molecular flexibility index (Phi) is 3.75. The van der Waals surface area contributed by atoms with Gasteiger partial charge in [0, 0.05) is 18.0 Å². The highest BCUT2D eigenvalue weighted by Crippen LogP contribution is 2.46. The number of hydrogen-bond donors (Lipinski definition) is 1. The van der Waals surface area contributed by atoms with Gasteiger partial charge in [0.1, 0.15) is 5.82 Å². The highest BCUT2D eigenvalue weighted by Gasteiger charge is 2.37. The Balaban J connectivity index is 1.72. The van der Waals surface area contributed by atoms with E-state index < -0.39 is 0 Å². The Bertz CT molecular complexity index is 505. The molecule has 0 radical (unpaired) electrons. The lowest BCUT2D eigenvalue weighted by Gasteiger charge is -2.14. The lowest BCUT2D eigenvalue weighted by molar-refractivity contribution is -0.120. The molecule has 1 amide bonds. The molecule has 1 heterocycles. The highest BCUT2D eigenvalue weighted by molar-refractivity contribution is 8.00. The molecular weight excluding hydrogens is 272 g/mol. The van der Waals surface area contributed by atoms with Crippen LogP contribution in [0.5, 0.6) is 0 Å². The van der Waals surface area contributed by atoms with E-state index in [1.807, 2.05) is 20.8 Å². The summed E-state index contributed by atoms with van der Waals surface area (Å²) in [5, 5.41) is 12.4. The van der Waals surface area contributed by atoms with Gasteiger partial charge >= 0.3 is 0 Å². The number of amides is 1. The molecule has 0 bridgehead atoms. The van der Waals surface area contributed by atoms with Crippen LogP contribution in [0.3, 0.4) is 0 Å². The average molecular weight is 294 g/mol. The summed E-state index contributed by atoms with van der Waals surface area (Å²) in [5.41, 5.74) is 0. The lowest BCUT2D eigenvalue weighted by atomic mass is 10.3. The molecule has 1 aromatic rings. The normalized spacial score (nSPS) is 20.2. The Labute approximate surface area is 123 Å². The van der Waals surface area contributed by atoms with Gasteiger partial charge in [-0.3, -0.25) is 4.79 Å². The van der Waals surface area contributed by atoms with Gasteiger partial charge in [-0.25, -0.2) is 0 Å². The van der Waals surface area contributed by atoms with Crippen LogP contribution < -0.4 is 5.32 Å². The van der Waals surface area contributed by atoms with Gasteiger partial charge < -0.3 is 9.88 Å². The first-order valence-corrected chi connectivity index (χ1v) is 8.36. The molecule has 0 aromatic carbocycles. The second kappa shape index (κ2) is 5.39. The minimum absolute atomic E-state index is 0.0725. The van der Waals surface area contributed by atoms with Gasteiger partial charge in [0.2, 0.25) is 5.91 Å². The number of hydrogen-bond acceptors (Lipinski definition) is 4. The van der Waals surface area contributed by atoms with Crippen LogP contribution in [0.25, 0.3) is 0 Å². The maximum absolute atomic E-state index is 12.0. The Morgan fingerprint density at radius 2 is 1.95 bits per heavy atom. The number of carbonyl (C=O) groups is 1. The van der Waals surface area contributed by atoms with Crippen LogP contribution in [-0.2, 0) is 4.79 Å². The van der Waals surface area contributed by atoms with Crippen molar-refractivity contribution in [3.8, 4) is 0 Å². The Morgan fingerprint density at radius 1 is 1.25 bits per heavy atom. The zero-order valence-electron chi connectivity index (χ0n) is 12.3. The van der Waals surface area contributed by atoms with Crippen molar-refractivity contribution in [1.82, 2.24) is 20.1 Å². The molecule has 20 heavy (non-hydrogen) atoms. The van der Waals surface area contributed by atoms with Crippen LogP contribution in [-0.4, -0.2) is 32.0 Å². The van der Waals surface area contributed by atoms with Crippen LogP contribution in [0.2, 0.25) is 0 Å². The molecule has 1 atom stereocenters. The molecule has 2 fully saturated rings. The number of thioether (sulfide) groups is 1.